The molecule has 4 nitrogen and oxygen atoms in total. The Kier molecular flexibility index (Phi) is 3.25. The molecular weight excluding hydrogens is 284 g/mol. The smallest absolute Gasteiger partial charge is 0.345 e. The van der Waals surface area contributed by atoms with Gasteiger partial charge in [0, 0.05) is 11.3 Å². The van der Waals surface area contributed by atoms with Crippen LogP contribution in [0.2, 0.25) is 0 Å². The molecule has 0 aliphatic heterocycles. The fourth-order valence-corrected chi connectivity index (χ4v) is 4.98. The molecule has 112 valence electrons. The van der Waals surface area contributed by atoms with Gasteiger partial charge in [0.2, 0.25) is 0 Å². The molecule has 2 aromatic heterocycles. The number of nitrogens with zero attached hydrogens (tertiary/aromatic N) is 2. The lowest BCUT2D eigenvalue weighted by Gasteiger charge is -2.11. The number of aromatic nitrogens is 2. The second kappa shape index (κ2) is 5.13. The van der Waals surface area contributed by atoms with E-state index in [1.807, 2.05) is 6.07 Å². The third-order valence-electron chi connectivity index (χ3n) is 5.04. The molecule has 21 heavy (non-hydrogen) atoms. The number of carboxylic acids is 1. The Labute approximate surface area is 127 Å². The molecule has 0 spiro atoms. The van der Waals surface area contributed by atoms with Gasteiger partial charge in [0.15, 0.2) is 0 Å². The van der Waals surface area contributed by atoms with Gasteiger partial charge in [0.1, 0.15) is 9.71 Å². The topological polar surface area (TPSA) is 55.1 Å². The van der Waals surface area contributed by atoms with E-state index in [1.54, 1.807) is 0 Å². The molecular formula is C16H20N2O2S. The Balaban J connectivity index is 1.85. The van der Waals surface area contributed by atoms with Gasteiger partial charge >= 0.3 is 5.97 Å². The van der Waals surface area contributed by atoms with Crippen LogP contribution in [0, 0.1) is 0 Å². The molecule has 2 fully saturated rings. The van der Waals surface area contributed by atoms with E-state index in [-0.39, 0.29) is 0 Å². The van der Waals surface area contributed by atoms with Crippen molar-refractivity contribution in [3.63, 3.8) is 0 Å². The standard InChI is InChI=1S/C16H20N2O2S/c19-16(20)13-9-12-14(10-5-1-2-6-10)17-18(15(12)21-13)11-7-3-4-8-11/h9-11H,1-8H2,(H,19,20). The third-order valence-corrected chi connectivity index (χ3v) is 6.15. The first-order valence-electron chi connectivity index (χ1n) is 7.99. The first kappa shape index (κ1) is 13.3. The SMILES string of the molecule is O=C(O)c1cc2c(C3CCCC3)nn(C3CCCC3)c2s1. The summed E-state index contributed by atoms with van der Waals surface area (Å²) in [4.78, 5) is 12.9. The van der Waals surface area contributed by atoms with E-state index in [0.29, 0.717) is 16.8 Å². The van der Waals surface area contributed by atoms with Crippen molar-refractivity contribution in [3.8, 4) is 0 Å². The van der Waals surface area contributed by atoms with E-state index in [4.69, 9.17) is 5.10 Å². The van der Waals surface area contributed by atoms with Crippen LogP contribution in [0.3, 0.4) is 0 Å². The van der Waals surface area contributed by atoms with E-state index >= 15 is 0 Å². The van der Waals surface area contributed by atoms with Gasteiger partial charge in [-0.15, -0.1) is 11.3 Å². The number of carbonyl (C=O) groups is 1. The van der Waals surface area contributed by atoms with Crippen molar-refractivity contribution in [1.29, 1.82) is 0 Å². The van der Waals surface area contributed by atoms with Crippen LogP contribution in [0.4, 0.5) is 0 Å². The Hall–Kier alpha value is -1.36. The van der Waals surface area contributed by atoms with E-state index in [0.717, 1.165) is 15.9 Å². The van der Waals surface area contributed by atoms with Gasteiger partial charge < -0.3 is 5.11 Å². The zero-order valence-electron chi connectivity index (χ0n) is 12.0. The lowest BCUT2D eigenvalue weighted by atomic mass is 10.0. The van der Waals surface area contributed by atoms with Gasteiger partial charge in [-0.05, 0) is 31.7 Å². The van der Waals surface area contributed by atoms with Crippen LogP contribution in [0.1, 0.15) is 78.7 Å². The molecule has 0 amide bonds. The molecule has 4 rings (SSSR count). The Morgan fingerprint density at radius 2 is 1.86 bits per heavy atom. The summed E-state index contributed by atoms with van der Waals surface area (Å²) in [6.07, 6.45) is 9.85. The van der Waals surface area contributed by atoms with E-state index < -0.39 is 5.97 Å². The van der Waals surface area contributed by atoms with Crippen LogP contribution in [0.25, 0.3) is 10.2 Å². The monoisotopic (exact) mass is 304 g/mol. The minimum Gasteiger partial charge on any atom is -0.477 e. The first-order chi connectivity index (χ1) is 10.2. The van der Waals surface area contributed by atoms with Crippen molar-refractivity contribution in [2.75, 3.05) is 0 Å². The van der Waals surface area contributed by atoms with Crippen molar-refractivity contribution in [2.24, 2.45) is 0 Å². The van der Waals surface area contributed by atoms with Gasteiger partial charge in [0.05, 0.1) is 11.7 Å². The van der Waals surface area contributed by atoms with Crippen molar-refractivity contribution < 1.29 is 9.90 Å². The van der Waals surface area contributed by atoms with Crippen LogP contribution < -0.4 is 0 Å². The lowest BCUT2D eigenvalue weighted by molar-refractivity contribution is 0.0702. The summed E-state index contributed by atoms with van der Waals surface area (Å²) in [5.74, 6) is -0.280. The second-order valence-electron chi connectivity index (χ2n) is 6.38. The molecule has 0 unspecified atom stereocenters. The molecule has 2 aliphatic carbocycles. The lowest BCUT2D eigenvalue weighted by Crippen LogP contribution is -2.07. The van der Waals surface area contributed by atoms with Crippen LogP contribution in [-0.2, 0) is 0 Å². The maximum Gasteiger partial charge on any atom is 0.345 e. The second-order valence-corrected chi connectivity index (χ2v) is 7.41. The molecule has 1 N–H and O–H groups in total. The highest BCUT2D eigenvalue weighted by Crippen LogP contribution is 2.42. The predicted molar refractivity (Wildman–Crippen MR) is 83.3 cm³/mol. The highest BCUT2D eigenvalue weighted by Gasteiger charge is 2.28. The molecule has 0 saturated heterocycles. The summed E-state index contributed by atoms with van der Waals surface area (Å²) in [5.41, 5.74) is 1.16. The van der Waals surface area contributed by atoms with E-state index in [2.05, 4.69) is 4.68 Å². The number of rotatable bonds is 3. The fraction of sp³-hybridized carbons (Fsp3) is 0.625. The van der Waals surface area contributed by atoms with E-state index in [9.17, 15) is 9.90 Å². The average Bonchev–Trinajstić information content (AvgIpc) is 3.22. The van der Waals surface area contributed by atoms with Crippen LogP contribution in [-0.4, -0.2) is 20.9 Å². The van der Waals surface area contributed by atoms with Gasteiger partial charge in [-0.2, -0.15) is 5.10 Å². The van der Waals surface area contributed by atoms with Crippen molar-refractivity contribution in [3.05, 3.63) is 16.6 Å². The molecule has 0 radical (unpaired) electrons. The third kappa shape index (κ3) is 2.18. The zero-order valence-corrected chi connectivity index (χ0v) is 12.9. The highest BCUT2D eigenvalue weighted by molar-refractivity contribution is 7.20. The number of hydrogen-bond acceptors (Lipinski definition) is 3. The molecule has 2 aromatic rings. The summed E-state index contributed by atoms with van der Waals surface area (Å²) in [6.45, 7) is 0. The maximum absolute atomic E-state index is 11.3. The van der Waals surface area contributed by atoms with Crippen molar-refractivity contribution in [1.82, 2.24) is 9.78 Å². The molecule has 2 aliphatic rings. The molecule has 5 heteroatoms. The summed E-state index contributed by atoms with van der Waals surface area (Å²) >= 11 is 1.40. The number of carboxylic acid groups (broad SMARTS) is 1. The average molecular weight is 304 g/mol. The van der Waals surface area contributed by atoms with E-state index in [1.165, 1.54) is 62.7 Å². The summed E-state index contributed by atoms with van der Waals surface area (Å²) in [5, 5.41) is 15.4. The number of thiophene rings is 1. The molecule has 2 saturated carbocycles. The number of fused-ring (bicyclic) bond motifs is 1. The molecule has 2 heterocycles. The molecule has 0 atom stereocenters. The van der Waals surface area contributed by atoms with Gasteiger partial charge in [-0.25, -0.2) is 4.79 Å². The molecule has 0 bridgehead atoms. The van der Waals surface area contributed by atoms with Gasteiger partial charge in [-0.1, -0.05) is 25.7 Å². The van der Waals surface area contributed by atoms with Crippen molar-refractivity contribution >= 4 is 27.5 Å². The van der Waals surface area contributed by atoms with Crippen LogP contribution in [0.15, 0.2) is 6.07 Å². The van der Waals surface area contributed by atoms with Crippen LogP contribution in [0.5, 0.6) is 0 Å². The predicted octanol–water partition coefficient (Wildman–Crippen LogP) is 4.57. The Bertz CT molecular complexity index is 627. The summed E-state index contributed by atoms with van der Waals surface area (Å²) in [6, 6.07) is 2.33. The highest BCUT2D eigenvalue weighted by atomic mass is 32.1. The summed E-state index contributed by atoms with van der Waals surface area (Å²) in [7, 11) is 0. The Morgan fingerprint density at radius 3 is 2.52 bits per heavy atom. The first-order valence-corrected chi connectivity index (χ1v) is 8.81. The number of aromatic carboxylic acids is 1. The van der Waals surface area contributed by atoms with Gasteiger partial charge in [-0.3, -0.25) is 4.68 Å². The Morgan fingerprint density at radius 1 is 1.19 bits per heavy atom. The van der Waals surface area contributed by atoms with Crippen molar-refractivity contribution in [2.45, 2.75) is 63.3 Å². The number of hydrogen-bond donors (Lipinski definition) is 1. The quantitative estimate of drug-likeness (QED) is 0.903. The van der Waals surface area contributed by atoms with Gasteiger partial charge in [0.25, 0.3) is 0 Å². The normalized spacial score (nSPS) is 20.8. The minimum absolute atomic E-state index is 0.452. The van der Waals surface area contributed by atoms with Crippen LogP contribution >= 0.6 is 11.3 Å². The minimum atomic E-state index is -0.813. The fourth-order valence-electron chi connectivity index (χ4n) is 3.95. The zero-order chi connectivity index (χ0) is 14.4. The summed E-state index contributed by atoms with van der Waals surface area (Å²) < 4.78 is 2.16. The largest absolute Gasteiger partial charge is 0.477 e. The molecule has 0 aromatic carbocycles. The maximum atomic E-state index is 11.3.